The highest BCUT2D eigenvalue weighted by Gasteiger charge is 2.25. The quantitative estimate of drug-likeness (QED) is 0.915. The average molecular weight is 273 g/mol. The molecule has 1 N–H and O–H groups in total. The van der Waals surface area contributed by atoms with Crippen LogP contribution >= 0.6 is 0 Å². The van der Waals surface area contributed by atoms with Crippen LogP contribution in [0.25, 0.3) is 0 Å². The summed E-state index contributed by atoms with van der Waals surface area (Å²) < 4.78 is 1.67. The highest BCUT2D eigenvalue weighted by Crippen LogP contribution is 2.21. The molecule has 2 aromatic heterocycles. The Morgan fingerprint density at radius 3 is 3.10 bits per heavy atom. The standard InChI is InChI=1S/C14H19N5O/c1-18-8-5-13(17-18)14(20)19-7-2-3-11(10-19)9-12-4-6-15-16-12/h4-6,8,11H,2-3,7,9-10H2,1H3,(H,15,16)/t11-/m1/s1. The summed E-state index contributed by atoms with van der Waals surface area (Å²) in [4.78, 5) is 14.3. The Hall–Kier alpha value is -2.11. The first-order valence-electron chi connectivity index (χ1n) is 6.99. The minimum absolute atomic E-state index is 0.0416. The zero-order valence-corrected chi connectivity index (χ0v) is 11.6. The van der Waals surface area contributed by atoms with Crippen LogP contribution in [0, 0.1) is 5.92 Å². The van der Waals surface area contributed by atoms with E-state index in [9.17, 15) is 4.79 Å². The molecular weight excluding hydrogens is 254 g/mol. The number of piperidine rings is 1. The number of nitrogens with zero attached hydrogens (tertiary/aromatic N) is 4. The number of aromatic amines is 1. The van der Waals surface area contributed by atoms with Gasteiger partial charge in [0.1, 0.15) is 5.69 Å². The zero-order valence-electron chi connectivity index (χ0n) is 11.6. The third-order valence-electron chi connectivity index (χ3n) is 3.81. The fourth-order valence-electron chi connectivity index (χ4n) is 2.82. The lowest BCUT2D eigenvalue weighted by atomic mass is 9.93. The van der Waals surface area contributed by atoms with Crippen LogP contribution in [0.3, 0.4) is 0 Å². The molecule has 1 atom stereocenters. The Morgan fingerprint density at radius 1 is 1.50 bits per heavy atom. The van der Waals surface area contributed by atoms with E-state index in [1.807, 2.05) is 18.0 Å². The lowest BCUT2D eigenvalue weighted by Gasteiger charge is -2.32. The molecule has 0 spiro atoms. The monoisotopic (exact) mass is 273 g/mol. The second kappa shape index (κ2) is 5.48. The van der Waals surface area contributed by atoms with Crippen molar-refractivity contribution in [1.82, 2.24) is 24.9 Å². The van der Waals surface area contributed by atoms with E-state index in [2.05, 4.69) is 15.3 Å². The maximum atomic E-state index is 12.4. The van der Waals surface area contributed by atoms with E-state index in [1.165, 1.54) is 0 Å². The normalized spacial score (nSPS) is 19.2. The minimum Gasteiger partial charge on any atom is -0.337 e. The highest BCUT2D eigenvalue weighted by molar-refractivity contribution is 5.92. The van der Waals surface area contributed by atoms with Gasteiger partial charge in [0, 0.05) is 38.2 Å². The van der Waals surface area contributed by atoms with Gasteiger partial charge in [-0.3, -0.25) is 14.6 Å². The number of nitrogens with one attached hydrogen (secondary N) is 1. The average Bonchev–Trinajstić information content (AvgIpc) is 3.10. The van der Waals surface area contributed by atoms with Crippen LogP contribution in [0.2, 0.25) is 0 Å². The summed E-state index contributed by atoms with van der Waals surface area (Å²) in [6.45, 7) is 1.63. The van der Waals surface area contributed by atoms with Crippen LogP contribution in [0.15, 0.2) is 24.5 Å². The Balaban J connectivity index is 1.64. The second-order valence-electron chi connectivity index (χ2n) is 5.42. The van der Waals surface area contributed by atoms with Crippen LogP contribution in [-0.2, 0) is 13.5 Å². The molecule has 6 nitrogen and oxygen atoms in total. The highest BCUT2D eigenvalue weighted by atomic mass is 16.2. The lowest BCUT2D eigenvalue weighted by molar-refractivity contribution is 0.0666. The molecule has 0 radical (unpaired) electrons. The summed E-state index contributed by atoms with van der Waals surface area (Å²) >= 11 is 0. The van der Waals surface area contributed by atoms with Gasteiger partial charge in [0.05, 0.1) is 0 Å². The van der Waals surface area contributed by atoms with Crippen LogP contribution in [-0.4, -0.2) is 43.9 Å². The Bertz CT molecular complexity index is 574. The summed E-state index contributed by atoms with van der Waals surface area (Å²) in [6, 6.07) is 3.78. The van der Waals surface area contributed by atoms with Gasteiger partial charge in [-0.15, -0.1) is 0 Å². The number of H-pyrrole nitrogens is 1. The van der Waals surface area contributed by atoms with E-state index in [-0.39, 0.29) is 5.91 Å². The molecule has 1 saturated heterocycles. The second-order valence-corrected chi connectivity index (χ2v) is 5.42. The van der Waals surface area contributed by atoms with Crippen LogP contribution in [0.1, 0.15) is 29.0 Å². The predicted molar refractivity (Wildman–Crippen MR) is 74.1 cm³/mol. The van der Waals surface area contributed by atoms with Gasteiger partial charge in [-0.25, -0.2) is 0 Å². The molecule has 106 valence electrons. The van der Waals surface area contributed by atoms with Gasteiger partial charge in [-0.05, 0) is 37.3 Å². The lowest BCUT2D eigenvalue weighted by Crippen LogP contribution is -2.40. The molecule has 1 amide bonds. The summed E-state index contributed by atoms with van der Waals surface area (Å²) in [5.41, 5.74) is 1.68. The van der Waals surface area contributed by atoms with Gasteiger partial charge in [0.2, 0.25) is 0 Å². The van der Waals surface area contributed by atoms with Gasteiger partial charge >= 0.3 is 0 Å². The minimum atomic E-state index is 0.0416. The molecule has 0 aliphatic carbocycles. The van der Waals surface area contributed by atoms with Crippen LogP contribution in [0.5, 0.6) is 0 Å². The molecule has 6 heteroatoms. The number of amides is 1. The number of carbonyl (C=O) groups excluding carboxylic acids is 1. The third-order valence-corrected chi connectivity index (χ3v) is 3.81. The van der Waals surface area contributed by atoms with E-state index in [0.29, 0.717) is 11.6 Å². The van der Waals surface area contributed by atoms with Crippen molar-refractivity contribution in [2.24, 2.45) is 13.0 Å². The number of hydrogen-bond acceptors (Lipinski definition) is 3. The largest absolute Gasteiger partial charge is 0.337 e. The Kier molecular flexibility index (Phi) is 3.54. The molecule has 1 fully saturated rings. The number of aryl methyl sites for hydroxylation is 1. The first-order valence-corrected chi connectivity index (χ1v) is 6.99. The Morgan fingerprint density at radius 2 is 2.40 bits per heavy atom. The predicted octanol–water partition coefficient (Wildman–Crippen LogP) is 1.24. The number of carbonyl (C=O) groups is 1. The SMILES string of the molecule is Cn1ccc(C(=O)N2CCC[C@H](Cc3ccn[nH]3)C2)n1. The number of likely N-dealkylation sites (tertiary alicyclic amines) is 1. The number of aromatic nitrogens is 4. The van der Waals surface area contributed by atoms with Crippen molar-refractivity contribution in [3.05, 3.63) is 35.9 Å². The van der Waals surface area contributed by atoms with Crippen molar-refractivity contribution in [2.75, 3.05) is 13.1 Å². The summed E-state index contributed by atoms with van der Waals surface area (Å²) in [7, 11) is 1.83. The molecule has 0 aromatic carbocycles. The molecule has 1 aliphatic rings. The van der Waals surface area contributed by atoms with E-state index < -0.39 is 0 Å². The van der Waals surface area contributed by atoms with Crippen LogP contribution < -0.4 is 0 Å². The van der Waals surface area contributed by atoms with Crippen molar-refractivity contribution in [2.45, 2.75) is 19.3 Å². The first kappa shape index (κ1) is 12.9. The fourth-order valence-corrected chi connectivity index (χ4v) is 2.82. The molecule has 0 saturated carbocycles. The molecule has 3 rings (SSSR count). The van der Waals surface area contributed by atoms with Crippen LogP contribution in [0.4, 0.5) is 0 Å². The molecule has 20 heavy (non-hydrogen) atoms. The molecule has 0 bridgehead atoms. The van der Waals surface area contributed by atoms with E-state index >= 15 is 0 Å². The summed E-state index contributed by atoms with van der Waals surface area (Å²) in [6.07, 6.45) is 6.74. The van der Waals surface area contributed by atoms with Gasteiger partial charge in [-0.1, -0.05) is 0 Å². The Labute approximate surface area is 117 Å². The van der Waals surface area contributed by atoms with Gasteiger partial charge in [0.25, 0.3) is 5.91 Å². The number of hydrogen-bond donors (Lipinski definition) is 1. The van der Waals surface area contributed by atoms with Gasteiger partial charge in [0.15, 0.2) is 0 Å². The smallest absolute Gasteiger partial charge is 0.274 e. The number of rotatable bonds is 3. The summed E-state index contributed by atoms with van der Waals surface area (Å²) in [5, 5.41) is 11.2. The maximum Gasteiger partial charge on any atom is 0.274 e. The van der Waals surface area contributed by atoms with E-state index in [0.717, 1.165) is 38.0 Å². The van der Waals surface area contributed by atoms with Crippen molar-refractivity contribution < 1.29 is 4.79 Å². The third kappa shape index (κ3) is 2.74. The maximum absolute atomic E-state index is 12.4. The first-order chi connectivity index (χ1) is 9.72. The molecule has 1 aliphatic heterocycles. The summed E-state index contributed by atoms with van der Waals surface area (Å²) in [5.74, 6) is 0.539. The molecular formula is C14H19N5O. The molecule has 2 aromatic rings. The van der Waals surface area contributed by atoms with E-state index in [1.54, 1.807) is 23.1 Å². The molecule has 0 unspecified atom stereocenters. The van der Waals surface area contributed by atoms with Crippen molar-refractivity contribution in [3.63, 3.8) is 0 Å². The van der Waals surface area contributed by atoms with Gasteiger partial charge < -0.3 is 4.90 Å². The van der Waals surface area contributed by atoms with Crippen molar-refractivity contribution >= 4 is 5.91 Å². The topological polar surface area (TPSA) is 66.8 Å². The fraction of sp³-hybridized carbons (Fsp3) is 0.500. The van der Waals surface area contributed by atoms with Crippen molar-refractivity contribution in [1.29, 1.82) is 0 Å². The van der Waals surface area contributed by atoms with Crippen molar-refractivity contribution in [3.8, 4) is 0 Å². The zero-order chi connectivity index (χ0) is 13.9. The molecule has 3 heterocycles. The van der Waals surface area contributed by atoms with Gasteiger partial charge in [-0.2, -0.15) is 10.2 Å². The van der Waals surface area contributed by atoms with E-state index in [4.69, 9.17) is 0 Å².